The molecule has 1 aromatic rings. The van der Waals surface area contributed by atoms with E-state index in [1.54, 1.807) is 24.3 Å². The maximum Gasteiger partial charge on any atom is 0.307 e. The van der Waals surface area contributed by atoms with Crippen LogP contribution in [0.15, 0.2) is 29.2 Å². The average Bonchev–Trinajstić information content (AvgIpc) is 2.76. The molecule has 0 aliphatic carbocycles. The first-order chi connectivity index (χ1) is 9.85. The molecule has 1 aliphatic rings. The third kappa shape index (κ3) is 4.91. The van der Waals surface area contributed by atoms with Crippen LogP contribution < -0.4 is 0 Å². The molecule has 1 heterocycles. The molecule has 1 aliphatic heterocycles. The van der Waals surface area contributed by atoms with E-state index in [4.69, 9.17) is 14.6 Å². The van der Waals surface area contributed by atoms with Crippen LogP contribution in [0.2, 0.25) is 0 Å². The van der Waals surface area contributed by atoms with Gasteiger partial charge in [-0.05, 0) is 38.0 Å². The predicted octanol–water partition coefficient (Wildman–Crippen LogP) is 1.96. The summed E-state index contributed by atoms with van der Waals surface area (Å²) in [5, 5.41) is 8.71. The highest BCUT2D eigenvalue weighted by atomic mass is 32.2. The van der Waals surface area contributed by atoms with Crippen molar-refractivity contribution in [2.24, 2.45) is 0 Å². The minimum absolute atomic E-state index is 0.0183. The average molecular weight is 312 g/mol. The molecule has 0 radical (unpaired) electrons. The Hall–Kier alpha value is -1.24. The van der Waals surface area contributed by atoms with E-state index in [9.17, 15) is 9.00 Å². The lowest BCUT2D eigenvalue weighted by atomic mass is 10.2. The molecule has 2 atom stereocenters. The Morgan fingerprint density at radius 1 is 1.38 bits per heavy atom. The number of rotatable bonds is 6. The SMILES string of the molecule is CC1(C)OCC(CC[S@](=O)c2ccc(CC(=O)O)cc2)O1. The second-order valence-electron chi connectivity index (χ2n) is 5.50. The highest BCUT2D eigenvalue weighted by Crippen LogP contribution is 2.24. The molecule has 0 amide bonds. The summed E-state index contributed by atoms with van der Waals surface area (Å²) >= 11 is 0. The molecule has 0 bridgehead atoms. The molecular weight excluding hydrogens is 292 g/mol. The Morgan fingerprint density at radius 2 is 2.05 bits per heavy atom. The molecular formula is C15H20O5S. The van der Waals surface area contributed by atoms with Crippen LogP contribution in [0.1, 0.15) is 25.8 Å². The molecule has 6 heteroatoms. The molecule has 21 heavy (non-hydrogen) atoms. The van der Waals surface area contributed by atoms with E-state index in [2.05, 4.69) is 0 Å². The van der Waals surface area contributed by atoms with E-state index in [0.29, 0.717) is 29.2 Å². The van der Waals surface area contributed by atoms with Gasteiger partial charge in [0.15, 0.2) is 5.79 Å². The smallest absolute Gasteiger partial charge is 0.307 e. The van der Waals surface area contributed by atoms with Crippen LogP contribution in [0.4, 0.5) is 0 Å². The second kappa shape index (κ2) is 6.68. The lowest BCUT2D eigenvalue weighted by molar-refractivity contribution is -0.138. The van der Waals surface area contributed by atoms with Crippen molar-refractivity contribution in [3.63, 3.8) is 0 Å². The molecule has 116 valence electrons. The first kappa shape index (κ1) is 16.1. The topological polar surface area (TPSA) is 72.8 Å². The maximum atomic E-state index is 12.2. The van der Waals surface area contributed by atoms with Crippen molar-refractivity contribution in [2.75, 3.05) is 12.4 Å². The van der Waals surface area contributed by atoms with Crippen LogP contribution in [0, 0.1) is 0 Å². The number of hydrogen-bond donors (Lipinski definition) is 1. The van der Waals surface area contributed by atoms with Gasteiger partial charge in [-0.3, -0.25) is 9.00 Å². The highest BCUT2D eigenvalue weighted by molar-refractivity contribution is 7.85. The second-order valence-corrected chi connectivity index (χ2v) is 7.07. The van der Waals surface area contributed by atoms with Gasteiger partial charge < -0.3 is 14.6 Å². The van der Waals surface area contributed by atoms with Crippen molar-refractivity contribution >= 4 is 16.8 Å². The first-order valence-electron chi connectivity index (χ1n) is 6.86. The largest absolute Gasteiger partial charge is 0.481 e. The Kier molecular flexibility index (Phi) is 5.13. The van der Waals surface area contributed by atoms with Gasteiger partial charge in [-0.25, -0.2) is 0 Å². The van der Waals surface area contributed by atoms with Gasteiger partial charge in [-0.15, -0.1) is 0 Å². The Morgan fingerprint density at radius 3 is 2.57 bits per heavy atom. The van der Waals surface area contributed by atoms with Crippen molar-refractivity contribution in [3.8, 4) is 0 Å². The van der Waals surface area contributed by atoms with Crippen LogP contribution in [-0.4, -0.2) is 39.5 Å². The molecule has 0 spiro atoms. The molecule has 0 saturated carbocycles. The van der Waals surface area contributed by atoms with Gasteiger partial charge in [0.25, 0.3) is 0 Å². The predicted molar refractivity (Wildman–Crippen MR) is 78.6 cm³/mol. The number of aliphatic carboxylic acids is 1. The maximum absolute atomic E-state index is 12.2. The van der Waals surface area contributed by atoms with E-state index in [0.717, 1.165) is 0 Å². The van der Waals surface area contributed by atoms with Crippen LogP contribution in [-0.2, 0) is 31.5 Å². The lowest BCUT2D eigenvalue weighted by Crippen LogP contribution is -2.22. The number of benzene rings is 1. The first-order valence-corrected chi connectivity index (χ1v) is 8.18. The fourth-order valence-corrected chi connectivity index (χ4v) is 3.35. The number of carboxylic acid groups (broad SMARTS) is 1. The quantitative estimate of drug-likeness (QED) is 0.869. The zero-order valence-electron chi connectivity index (χ0n) is 12.2. The van der Waals surface area contributed by atoms with Crippen molar-refractivity contribution in [2.45, 2.75) is 43.5 Å². The molecule has 1 fully saturated rings. The highest BCUT2D eigenvalue weighted by Gasteiger charge is 2.32. The summed E-state index contributed by atoms with van der Waals surface area (Å²) in [6.07, 6.45) is 0.637. The summed E-state index contributed by atoms with van der Waals surface area (Å²) in [6.45, 7) is 4.26. The Bertz CT molecular complexity index is 523. The summed E-state index contributed by atoms with van der Waals surface area (Å²) < 4.78 is 23.3. The summed E-state index contributed by atoms with van der Waals surface area (Å²) in [5.74, 6) is -0.919. The minimum atomic E-state index is -1.11. The zero-order valence-corrected chi connectivity index (χ0v) is 13.0. The lowest BCUT2D eigenvalue weighted by Gasteiger charge is -2.16. The van der Waals surface area contributed by atoms with E-state index in [1.807, 2.05) is 13.8 Å². The van der Waals surface area contributed by atoms with Crippen molar-refractivity contribution in [1.29, 1.82) is 0 Å². The van der Waals surface area contributed by atoms with Crippen molar-refractivity contribution in [3.05, 3.63) is 29.8 Å². The fraction of sp³-hybridized carbons (Fsp3) is 0.533. The van der Waals surface area contributed by atoms with Gasteiger partial charge in [-0.2, -0.15) is 0 Å². The van der Waals surface area contributed by atoms with E-state index in [1.165, 1.54) is 0 Å². The van der Waals surface area contributed by atoms with Gasteiger partial charge in [0.1, 0.15) is 0 Å². The number of ether oxygens (including phenoxy) is 2. The number of hydrogen-bond acceptors (Lipinski definition) is 4. The van der Waals surface area contributed by atoms with Gasteiger partial charge in [0.2, 0.25) is 0 Å². The van der Waals surface area contributed by atoms with Gasteiger partial charge in [-0.1, -0.05) is 12.1 Å². The molecule has 5 nitrogen and oxygen atoms in total. The molecule has 1 saturated heterocycles. The van der Waals surface area contributed by atoms with Gasteiger partial charge in [0.05, 0.1) is 29.9 Å². The zero-order chi connectivity index (χ0) is 15.5. The van der Waals surface area contributed by atoms with E-state index in [-0.39, 0.29) is 12.5 Å². The van der Waals surface area contributed by atoms with Gasteiger partial charge in [0, 0.05) is 10.6 Å². The van der Waals surface area contributed by atoms with Gasteiger partial charge >= 0.3 is 5.97 Å². The molecule has 0 aromatic heterocycles. The minimum Gasteiger partial charge on any atom is -0.481 e. The summed E-state index contributed by atoms with van der Waals surface area (Å²) in [6, 6.07) is 6.87. The Labute approximate surface area is 126 Å². The van der Waals surface area contributed by atoms with Crippen LogP contribution in [0.5, 0.6) is 0 Å². The summed E-state index contributed by atoms with van der Waals surface area (Å²) in [5.41, 5.74) is 0.706. The summed E-state index contributed by atoms with van der Waals surface area (Å²) in [4.78, 5) is 11.3. The third-order valence-electron chi connectivity index (χ3n) is 3.23. The Balaban J connectivity index is 1.84. The molecule has 1 unspecified atom stereocenters. The molecule has 2 rings (SSSR count). The summed E-state index contributed by atoms with van der Waals surface area (Å²) in [7, 11) is -1.11. The third-order valence-corrected chi connectivity index (χ3v) is 4.64. The van der Waals surface area contributed by atoms with Crippen LogP contribution in [0.3, 0.4) is 0 Å². The molecule has 1 N–H and O–H groups in total. The fourth-order valence-electron chi connectivity index (χ4n) is 2.20. The normalized spacial score (nSPS) is 22.1. The van der Waals surface area contributed by atoms with Crippen molar-refractivity contribution < 1.29 is 23.6 Å². The monoisotopic (exact) mass is 312 g/mol. The van der Waals surface area contributed by atoms with E-state index >= 15 is 0 Å². The standard InChI is InChI=1S/C15H20O5S/c1-15(2)19-10-12(20-15)7-8-21(18)13-5-3-11(4-6-13)9-14(16)17/h3-6,12H,7-10H2,1-2H3,(H,16,17)/t12?,21-/m0/s1. The van der Waals surface area contributed by atoms with Crippen molar-refractivity contribution in [1.82, 2.24) is 0 Å². The number of carboxylic acids is 1. The van der Waals surface area contributed by atoms with E-state index < -0.39 is 22.6 Å². The molecule has 1 aromatic carbocycles. The number of carbonyl (C=O) groups is 1. The van der Waals surface area contributed by atoms with Crippen LogP contribution >= 0.6 is 0 Å². The van der Waals surface area contributed by atoms with Crippen LogP contribution in [0.25, 0.3) is 0 Å².